The molecule has 0 aromatic heterocycles. The summed E-state index contributed by atoms with van der Waals surface area (Å²) >= 11 is 1.52. The van der Waals surface area contributed by atoms with Crippen LogP contribution in [0.1, 0.15) is 26.2 Å². The smallest absolute Gasteiger partial charge is 0.306 e. The first kappa shape index (κ1) is 13.4. The van der Waals surface area contributed by atoms with E-state index in [9.17, 15) is 9.59 Å². The van der Waals surface area contributed by atoms with Crippen molar-refractivity contribution in [2.24, 2.45) is 0 Å². The second-order valence-electron chi connectivity index (χ2n) is 3.99. The van der Waals surface area contributed by atoms with Gasteiger partial charge in [0, 0.05) is 18.3 Å². The van der Waals surface area contributed by atoms with Crippen molar-refractivity contribution in [1.82, 2.24) is 4.90 Å². The minimum absolute atomic E-state index is 0.138. The number of ether oxygens (including phenoxy) is 1. The number of amides is 1. The number of nitrogens with zero attached hydrogens (tertiary/aromatic N) is 1. The zero-order chi connectivity index (χ0) is 12.0. The van der Waals surface area contributed by atoms with E-state index in [1.807, 2.05) is 11.8 Å². The van der Waals surface area contributed by atoms with Crippen LogP contribution in [0.2, 0.25) is 0 Å². The zero-order valence-corrected chi connectivity index (χ0v) is 10.7. The van der Waals surface area contributed by atoms with Crippen molar-refractivity contribution >= 4 is 23.6 Å². The Morgan fingerprint density at radius 3 is 2.56 bits per heavy atom. The lowest BCUT2D eigenvalue weighted by Gasteiger charge is -2.16. The molecule has 1 unspecified atom stereocenters. The maximum absolute atomic E-state index is 11.7. The van der Waals surface area contributed by atoms with Crippen molar-refractivity contribution in [2.75, 3.05) is 26.0 Å². The summed E-state index contributed by atoms with van der Waals surface area (Å²) in [5, 5.41) is 0.138. The standard InChI is InChI=1S/C11H19NO3S/c1-9(7-11(14)15-2)16-8-10(13)12-5-3-4-6-12/h9H,3-8H2,1-2H3. The summed E-state index contributed by atoms with van der Waals surface area (Å²) in [6.07, 6.45) is 2.61. The van der Waals surface area contributed by atoms with E-state index >= 15 is 0 Å². The van der Waals surface area contributed by atoms with Gasteiger partial charge < -0.3 is 9.64 Å². The molecule has 0 N–H and O–H groups in total. The fourth-order valence-electron chi connectivity index (χ4n) is 1.65. The minimum atomic E-state index is -0.214. The average Bonchev–Trinajstić information content (AvgIpc) is 2.79. The lowest BCUT2D eigenvalue weighted by molar-refractivity contribution is -0.140. The molecular weight excluding hydrogens is 226 g/mol. The van der Waals surface area contributed by atoms with E-state index in [1.54, 1.807) is 0 Å². The van der Waals surface area contributed by atoms with Gasteiger partial charge in [0.15, 0.2) is 0 Å². The summed E-state index contributed by atoms with van der Waals surface area (Å²) < 4.78 is 4.58. The molecule has 0 aromatic carbocycles. The largest absolute Gasteiger partial charge is 0.469 e. The van der Waals surface area contributed by atoms with E-state index in [0.717, 1.165) is 25.9 Å². The Bertz CT molecular complexity index is 252. The van der Waals surface area contributed by atoms with Crippen molar-refractivity contribution < 1.29 is 14.3 Å². The van der Waals surface area contributed by atoms with Gasteiger partial charge in [0.05, 0.1) is 19.3 Å². The van der Waals surface area contributed by atoms with Gasteiger partial charge in [0.2, 0.25) is 5.91 Å². The maximum atomic E-state index is 11.7. The molecule has 1 rings (SSSR count). The Kier molecular flexibility index (Phi) is 5.66. The van der Waals surface area contributed by atoms with Crippen LogP contribution in [-0.2, 0) is 14.3 Å². The van der Waals surface area contributed by atoms with Crippen molar-refractivity contribution in [3.05, 3.63) is 0 Å². The molecule has 0 aromatic rings. The van der Waals surface area contributed by atoms with Crippen LogP contribution in [0.15, 0.2) is 0 Å². The lowest BCUT2D eigenvalue weighted by Crippen LogP contribution is -2.29. The van der Waals surface area contributed by atoms with Gasteiger partial charge in [-0.05, 0) is 12.8 Å². The number of likely N-dealkylation sites (tertiary alicyclic amines) is 1. The van der Waals surface area contributed by atoms with Crippen LogP contribution >= 0.6 is 11.8 Å². The molecule has 4 nitrogen and oxygen atoms in total. The lowest BCUT2D eigenvalue weighted by atomic mass is 10.3. The van der Waals surface area contributed by atoms with Gasteiger partial charge >= 0.3 is 5.97 Å². The molecule has 1 aliphatic rings. The number of esters is 1. The number of methoxy groups -OCH3 is 1. The Labute approximate surface area is 101 Å². The van der Waals surface area contributed by atoms with Crippen LogP contribution in [0.25, 0.3) is 0 Å². The van der Waals surface area contributed by atoms with Crippen LogP contribution in [0, 0.1) is 0 Å². The maximum Gasteiger partial charge on any atom is 0.306 e. The molecule has 0 bridgehead atoms. The van der Waals surface area contributed by atoms with Gasteiger partial charge in [-0.1, -0.05) is 6.92 Å². The summed E-state index contributed by atoms with van der Waals surface area (Å²) in [7, 11) is 1.38. The second-order valence-corrected chi connectivity index (χ2v) is 5.42. The Morgan fingerprint density at radius 2 is 2.00 bits per heavy atom. The number of thioether (sulfide) groups is 1. The highest BCUT2D eigenvalue weighted by Crippen LogP contribution is 2.17. The first-order valence-corrected chi connectivity index (χ1v) is 6.64. The Morgan fingerprint density at radius 1 is 1.38 bits per heavy atom. The third-order valence-electron chi connectivity index (χ3n) is 2.63. The molecule has 1 amide bonds. The number of carbonyl (C=O) groups is 2. The molecule has 0 aliphatic carbocycles. The fourth-order valence-corrected chi connectivity index (χ4v) is 2.51. The predicted octanol–water partition coefficient (Wildman–Crippen LogP) is 1.29. The quantitative estimate of drug-likeness (QED) is 0.685. The van der Waals surface area contributed by atoms with Crippen molar-refractivity contribution in [3.63, 3.8) is 0 Å². The summed E-state index contributed by atoms with van der Waals surface area (Å²) in [5.41, 5.74) is 0. The molecule has 1 fully saturated rings. The van der Waals surface area contributed by atoms with Gasteiger partial charge in [0.1, 0.15) is 0 Å². The molecule has 5 heteroatoms. The van der Waals surface area contributed by atoms with Gasteiger partial charge in [-0.25, -0.2) is 0 Å². The van der Waals surface area contributed by atoms with Crippen molar-refractivity contribution in [3.8, 4) is 0 Å². The van der Waals surface area contributed by atoms with Gasteiger partial charge in [0.25, 0.3) is 0 Å². The topological polar surface area (TPSA) is 46.6 Å². The average molecular weight is 245 g/mol. The first-order valence-electron chi connectivity index (χ1n) is 5.59. The van der Waals surface area contributed by atoms with E-state index in [0.29, 0.717) is 12.2 Å². The highest BCUT2D eigenvalue weighted by atomic mass is 32.2. The predicted molar refractivity (Wildman–Crippen MR) is 64.4 cm³/mol. The van der Waals surface area contributed by atoms with Crippen LogP contribution in [0.4, 0.5) is 0 Å². The summed E-state index contributed by atoms with van der Waals surface area (Å²) in [6.45, 7) is 3.73. The second kappa shape index (κ2) is 6.78. The van der Waals surface area contributed by atoms with E-state index in [-0.39, 0.29) is 17.1 Å². The molecule has 16 heavy (non-hydrogen) atoms. The molecule has 0 saturated carbocycles. The third kappa shape index (κ3) is 4.43. The van der Waals surface area contributed by atoms with Gasteiger partial charge in [-0.15, -0.1) is 11.8 Å². The Balaban J connectivity index is 2.17. The van der Waals surface area contributed by atoms with Crippen molar-refractivity contribution in [1.29, 1.82) is 0 Å². The first-order chi connectivity index (χ1) is 7.63. The van der Waals surface area contributed by atoms with Crippen LogP contribution in [-0.4, -0.2) is 48.0 Å². The normalized spacial score (nSPS) is 17.2. The molecule has 1 atom stereocenters. The summed E-state index contributed by atoms with van der Waals surface area (Å²) in [6, 6.07) is 0. The van der Waals surface area contributed by atoms with E-state index < -0.39 is 0 Å². The molecule has 0 radical (unpaired) electrons. The molecule has 0 spiro atoms. The highest BCUT2D eigenvalue weighted by molar-refractivity contribution is 8.00. The molecule has 1 saturated heterocycles. The molecule has 1 heterocycles. The molecule has 92 valence electrons. The van der Waals surface area contributed by atoms with E-state index in [2.05, 4.69) is 4.74 Å². The van der Waals surface area contributed by atoms with Gasteiger partial charge in [-0.3, -0.25) is 9.59 Å². The van der Waals surface area contributed by atoms with Crippen molar-refractivity contribution in [2.45, 2.75) is 31.4 Å². The monoisotopic (exact) mass is 245 g/mol. The minimum Gasteiger partial charge on any atom is -0.469 e. The van der Waals surface area contributed by atoms with Crippen LogP contribution in [0.3, 0.4) is 0 Å². The SMILES string of the molecule is COC(=O)CC(C)SCC(=O)N1CCCC1. The summed E-state index contributed by atoms with van der Waals surface area (Å²) in [5.74, 6) is 0.450. The molecular formula is C11H19NO3S. The van der Waals surface area contributed by atoms with E-state index in [1.165, 1.54) is 18.9 Å². The number of hydrogen-bond acceptors (Lipinski definition) is 4. The van der Waals surface area contributed by atoms with Crippen LogP contribution in [0.5, 0.6) is 0 Å². The number of carbonyl (C=O) groups excluding carboxylic acids is 2. The molecule has 1 aliphatic heterocycles. The van der Waals surface area contributed by atoms with Crippen LogP contribution < -0.4 is 0 Å². The Hall–Kier alpha value is -0.710. The fraction of sp³-hybridized carbons (Fsp3) is 0.818. The van der Waals surface area contributed by atoms with E-state index in [4.69, 9.17) is 0 Å². The highest BCUT2D eigenvalue weighted by Gasteiger charge is 2.19. The third-order valence-corrected chi connectivity index (χ3v) is 3.78. The number of rotatable bonds is 5. The number of hydrogen-bond donors (Lipinski definition) is 0. The summed E-state index contributed by atoms with van der Waals surface area (Å²) in [4.78, 5) is 24.6. The van der Waals surface area contributed by atoms with Gasteiger partial charge in [-0.2, -0.15) is 0 Å². The zero-order valence-electron chi connectivity index (χ0n) is 9.90.